The summed E-state index contributed by atoms with van der Waals surface area (Å²) >= 11 is 10.9. The second-order valence-electron chi connectivity index (χ2n) is 2.85. The lowest BCUT2D eigenvalue weighted by atomic mass is 10.4. The van der Waals surface area contributed by atoms with Gasteiger partial charge in [-0.15, -0.1) is 23.2 Å². The highest BCUT2D eigenvalue weighted by molar-refractivity contribution is 7.92. The fourth-order valence-corrected chi connectivity index (χ4v) is 3.42. The molecule has 1 aliphatic heterocycles. The molecule has 1 saturated heterocycles. The molecule has 1 heterocycles. The molecule has 86 valence electrons. The Hall–Kier alpha value is -0.530. The molecule has 2 atom stereocenters. The average molecular weight is 276 g/mol. The van der Waals surface area contributed by atoms with Crippen LogP contribution in [0.5, 0.6) is 0 Å². The highest BCUT2D eigenvalue weighted by Crippen LogP contribution is 2.30. The summed E-state index contributed by atoms with van der Waals surface area (Å²) in [5.74, 6) is -2.08. The number of hydrogen-bond donors (Lipinski definition) is 1. The first kappa shape index (κ1) is 12.5. The molecule has 0 spiro atoms. The monoisotopic (exact) mass is 275 g/mol. The van der Waals surface area contributed by atoms with Gasteiger partial charge >= 0.3 is 5.97 Å². The van der Waals surface area contributed by atoms with Gasteiger partial charge in [0.1, 0.15) is 5.38 Å². The van der Waals surface area contributed by atoms with E-state index in [1.165, 1.54) is 0 Å². The molecule has 0 saturated carbocycles. The third kappa shape index (κ3) is 2.19. The molecule has 1 N–H and O–H groups in total. The summed E-state index contributed by atoms with van der Waals surface area (Å²) in [6.45, 7) is -0.442. The Balaban J connectivity index is 2.89. The average Bonchev–Trinajstić information content (AvgIpc) is 2.26. The Labute approximate surface area is 95.8 Å². The van der Waals surface area contributed by atoms with Gasteiger partial charge in [-0.2, -0.15) is 0 Å². The van der Waals surface area contributed by atoms with Crippen molar-refractivity contribution in [3.63, 3.8) is 0 Å². The third-order valence-electron chi connectivity index (χ3n) is 1.83. The van der Waals surface area contributed by atoms with Gasteiger partial charge in [-0.3, -0.25) is 9.59 Å². The number of carboxylic acids is 1. The Morgan fingerprint density at radius 2 is 2.00 bits per heavy atom. The maximum absolute atomic E-state index is 11.4. The summed E-state index contributed by atoms with van der Waals surface area (Å²) in [4.78, 5) is 21.5. The standard InChI is InChI=1S/C6H7Cl2NO5S/c7-4-5(8)15(13,14)9(6(4)12)2-1-3(10)11/h4-5H,1-2H2,(H,10,11). The lowest BCUT2D eigenvalue weighted by Crippen LogP contribution is -2.33. The Kier molecular flexibility index (Phi) is 3.47. The maximum atomic E-state index is 11.4. The fourth-order valence-electron chi connectivity index (χ4n) is 1.08. The fraction of sp³-hybridized carbons (Fsp3) is 0.667. The molecule has 15 heavy (non-hydrogen) atoms. The molecule has 2 unspecified atom stereocenters. The van der Waals surface area contributed by atoms with Crippen LogP contribution in [0.4, 0.5) is 0 Å². The van der Waals surface area contributed by atoms with E-state index in [1.807, 2.05) is 0 Å². The summed E-state index contributed by atoms with van der Waals surface area (Å²) in [5, 5.41) is 7.01. The summed E-state index contributed by atoms with van der Waals surface area (Å²) in [6, 6.07) is 0. The van der Waals surface area contributed by atoms with Crippen molar-refractivity contribution in [2.24, 2.45) is 0 Å². The predicted molar refractivity (Wildman–Crippen MR) is 52.2 cm³/mol. The van der Waals surface area contributed by atoms with Crippen LogP contribution in [-0.4, -0.2) is 46.3 Å². The first-order chi connectivity index (χ1) is 6.78. The van der Waals surface area contributed by atoms with Crippen molar-refractivity contribution in [1.82, 2.24) is 4.31 Å². The van der Waals surface area contributed by atoms with E-state index in [0.29, 0.717) is 4.31 Å². The molecule has 0 radical (unpaired) electrons. The zero-order chi connectivity index (χ0) is 11.8. The van der Waals surface area contributed by atoms with Gasteiger partial charge in [-0.1, -0.05) is 0 Å². The van der Waals surface area contributed by atoms with Crippen molar-refractivity contribution < 1.29 is 23.1 Å². The van der Waals surface area contributed by atoms with E-state index >= 15 is 0 Å². The molecule has 0 bridgehead atoms. The first-order valence-corrected chi connectivity index (χ1v) is 6.21. The SMILES string of the molecule is O=C(O)CCN1C(=O)C(Cl)C(Cl)S1(=O)=O. The normalized spacial score (nSPS) is 29.5. The van der Waals surface area contributed by atoms with Crippen LogP contribution in [-0.2, 0) is 19.6 Å². The number of rotatable bonds is 3. The van der Waals surface area contributed by atoms with E-state index in [4.69, 9.17) is 28.3 Å². The van der Waals surface area contributed by atoms with E-state index in [0.717, 1.165) is 0 Å². The van der Waals surface area contributed by atoms with Crippen molar-refractivity contribution in [3.05, 3.63) is 0 Å². The molecule has 1 fully saturated rings. The van der Waals surface area contributed by atoms with Crippen LogP contribution in [0.15, 0.2) is 0 Å². The number of nitrogens with zero attached hydrogens (tertiary/aromatic N) is 1. The van der Waals surface area contributed by atoms with Gasteiger partial charge in [0.25, 0.3) is 15.9 Å². The minimum absolute atomic E-state index is 0.413. The molecular formula is C6H7Cl2NO5S. The number of halogens is 2. The molecule has 0 aliphatic carbocycles. The van der Waals surface area contributed by atoms with Gasteiger partial charge in [0.15, 0.2) is 4.71 Å². The van der Waals surface area contributed by atoms with Crippen LogP contribution >= 0.6 is 23.2 Å². The minimum Gasteiger partial charge on any atom is -0.481 e. The van der Waals surface area contributed by atoms with Gasteiger partial charge in [0, 0.05) is 6.54 Å². The van der Waals surface area contributed by atoms with Crippen LogP contribution in [0.25, 0.3) is 0 Å². The third-order valence-corrected chi connectivity index (χ3v) is 5.29. The Bertz CT molecular complexity index is 394. The molecule has 1 rings (SSSR count). The van der Waals surface area contributed by atoms with Crippen LogP contribution in [0, 0.1) is 0 Å². The number of carbonyl (C=O) groups excluding carboxylic acids is 1. The van der Waals surface area contributed by atoms with Gasteiger partial charge in [0.2, 0.25) is 0 Å². The number of hydrogen-bond acceptors (Lipinski definition) is 4. The van der Waals surface area contributed by atoms with Crippen molar-refractivity contribution in [1.29, 1.82) is 0 Å². The lowest BCUT2D eigenvalue weighted by Gasteiger charge is -2.13. The van der Waals surface area contributed by atoms with Crippen LogP contribution in [0.3, 0.4) is 0 Å². The van der Waals surface area contributed by atoms with Crippen molar-refractivity contribution in [2.75, 3.05) is 6.54 Å². The van der Waals surface area contributed by atoms with E-state index in [2.05, 4.69) is 0 Å². The van der Waals surface area contributed by atoms with Crippen molar-refractivity contribution in [3.8, 4) is 0 Å². The quantitative estimate of drug-likeness (QED) is 0.721. The molecule has 9 heteroatoms. The number of aliphatic carboxylic acids is 1. The van der Waals surface area contributed by atoms with Crippen LogP contribution in [0.2, 0.25) is 0 Å². The number of alkyl halides is 2. The van der Waals surface area contributed by atoms with E-state index < -0.39 is 45.0 Å². The second kappa shape index (κ2) is 4.15. The maximum Gasteiger partial charge on any atom is 0.305 e. The molecule has 1 amide bonds. The first-order valence-electron chi connectivity index (χ1n) is 3.84. The summed E-state index contributed by atoms with van der Waals surface area (Å²) in [5.41, 5.74) is 0. The summed E-state index contributed by atoms with van der Waals surface area (Å²) < 4.78 is 21.7. The molecule has 0 aromatic heterocycles. The van der Waals surface area contributed by atoms with E-state index in [1.54, 1.807) is 0 Å². The zero-order valence-corrected chi connectivity index (χ0v) is 9.59. The number of carboxylic acid groups (broad SMARTS) is 1. The van der Waals surface area contributed by atoms with Crippen LogP contribution in [0.1, 0.15) is 6.42 Å². The summed E-state index contributed by atoms with van der Waals surface area (Å²) in [6.07, 6.45) is -0.474. The molecule has 6 nitrogen and oxygen atoms in total. The topological polar surface area (TPSA) is 91.8 Å². The Morgan fingerprint density at radius 3 is 2.33 bits per heavy atom. The molecule has 0 aromatic rings. The van der Waals surface area contributed by atoms with Gasteiger partial charge < -0.3 is 5.11 Å². The number of amides is 1. The predicted octanol–water partition coefficient (Wildman–Crippen LogP) is -0.195. The number of sulfonamides is 1. The highest BCUT2D eigenvalue weighted by atomic mass is 35.5. The lowest BCUT2D eigenvalue weighted by molar-refractivity contribution is -0.137. The molecule has 1 aliphatic rings. The van der Waals surface area contributed by atoms with Crippen LogP contribution < -0.4 is 0 Å². The molecule has 0 aromatic carbocycles. The van der Waals surface area contributed by atoms with Gasteiger partial charge in [-0.05, 0) is 0 Å². The second-order valence-corrected chi connectivity index (χ2v) is 6.03. The smallest absolute Gasteiger partial charge is 0.305 e. The number of carbonyl (C=O) groups is 2. The van der Waals surface area contributed by atoms with Crippen molar-refractivity contribution >= 4 is 45.1 Å². The molecular weight excluding hydrogens is 269 g/mol. The van der Waals surface area contributed by atoms with Gasteiger partial charge in [0.05, 0.1) is 6.42 Å². The zero-order valence-electron chi connectivity index (χ0n) is 7.26. The summed E-state index contributed by atoms with van der Waals surface area (Å²) in [7, 11) is -4.01. The minimum atomic E-state index is -4.01. The Morgan fingerprint density at radius 1 is 1.47 bits per heavy atom. The largest absolute Gasteiger partial charge is 0.481 e. The highest BCUT2D eigenvalue weighted by Gasteiger charge is 2.50. The van der Waals surface area contributed by atoms with E-state index in [-0.39, 0.29) is 0 Å². The van der Waals surface area contributed by atoms with Gasteiger partial charge in [-0.25, -0.2) is 12.7 Å². The van der Waals surface area contributed by atoms with E-state index in [9.17, 15) is 18.0 Å². The van der Waals surface area contributed by atoms with Crippen molar-refractivity contribution in [2.45, 2.75) is 16.5 Å².